The minimum Gasteiger partial charge on any atom is -0.394 e. The number of unbranched alkanes of at least 4 members (excludes halogenated alkanes) is 1. The van der Waals surface area contributed by atoms with E-state index in [1.165, 1.54) is 5.57 Å². The molecule has 9 heteroatoms. The van der Waals surface area contributed by atoms with Gasteiger partial charge in [-0.2, -0.15) is 0 Å². The van der Waals surface area contributed by atoms with Crippen molar-refractivity contribution in [2.75, 3.05) is 6.61 Å². The summed E-state index contributed by atoms with van der Waals surface area (Å²) in [5, 5.41) is 77.3. The predicted molar refractivity (Wildman–Crippen MR) is 174 cm³/mol. The van der Waals surface area contributed by atoms with Crippen LogP contribution in [-0.4, -0.2) is 97.0 Å². The Morgan fingerprint density at radius 2 is 1.61 bits per heavy atom. The molecule has 266 valence electrons. The van der Waals surface area contributed by atoms with Crippen LogP contribution in [0.2, 0.25) is 0 Å². The fourth-order valence-electron chi connectivity index (χ4n) is 12.1. The first-order valence-electron chi connectivity index (χ1n) is 17.9. The quantitative estimate of drug-likeness (QED) is 0.118. The molecule has 5 fully saturated rings. The normalized spacial score (nSPS) is 51.4. The van der Waals surface area contributed by atoms with Crippen molar-refractivity contribution in [1.29, 1.82) is 0 Å². The molecule has 4 aliphatic carbocycles. The molecule has 46 heavy (non-hydrogen) atoms. The van der Waals surface area contributed by atoms with Crippen molar-refractivity contribution in [1.82, 2.24) is 0 Å². The Bertz CT molecular complexity index is 1120. The first-order valence-corrected chi connectivity index (χ1v) is 17.9. The van der Waals surface area contributed by atoms with Crippen LogP contribution in [0.5, 0.6) is 0 Å². The molecule has 0 spiro atoms. The summed E-state index contributed by atoms with van der Waals surface area (Å²) in [4.78, 5) is 0. The highest BCUT2D eigenvalue weighted by Crippen LogP contribution is 2.76. The third-order valence-corrected chi connectivity index (χ3v) is 14.6. The van der Waals surface area contributed by atoms with E-state index in [1.807, 2.05) is 6.92 Å². The molecular formula is C37H64O9. The molecule has 5 aliphatic rings. The zero-order chi connectivity index (χ0) is 34.2. The van der Waals surface area contributed by atoms with Gasteiger partial charge >= 0.3 is 0 Å². The van der Waals surface area contributed by atoms with Gasteiger partial charge in [0.2, 0.25) is 0 Å². The molecule has 5 rings (SSSR count). The van der Waals surface area contributed by atoms with Gasteiger partial charge in [-0.1, -0.05) is 46.3 Å². The number of aliphatic hydroxyl groups is 7. The fourth-order valence-corrected chi connectivity index (χ4v) is 12.1. The minimum atomic E-state index is -1.54. The Morgan fingerprint density at radius 3 is 2.24 bits per heavy atom. The van der Waals surface area contributed by atoms with Gasteiger partial charge in [0.1, 0.15) is 24.4 Å². The third kappa shape index (κ3) is 5.65. The van der Waals surface area contributed by atoms with Crippen LogP contribution >= 0.6 is 0 Å². The van der Waals surface area contributed by atoms with Crippen LogP contribution in [0.15, 0.2) is 11.6 Å². The zero-order valence-corrected chi connectivity index (χ0v) is 29.5. The van der Waals surface area contributed by atoms with E-state index in [2.05, 4.69) is 54.5 Å². The standard InChI is InChI=1S/C37H64O9/c1-20(2)11-9-10-14-37(8,44)21-12-16-35(6)27(21)22(39)17-25-34(5)15-13-26(40)33(3,4)31(34)23(18-36(25,35)7)45-32-30(43)29(42)28(41)24(19-38)46-32/h11,21-32,38-44H,9-10,12-19H2,1-8H3/t21-,22+,23-,24+,25+,26-,27+,28+,29-,30+,31-,32+,34+,35+,36+,37-/m0/s1. The number of aliphatic hydroxyl groups excluding tert-OH is 6. The summed E-state index contributed by atoms with van der Waals surface area (Å²) in [5.74, 6) is -0.166. The highest BCUT2D eigenvalue weighted by molar-refractivity contribution is 5.22. The van der Waals surface area contributed by atoms with E-state index in [9.17, 15) is 35.7 Å². The lowest BCUT2D eigenvalue weighted by Crippen LogP contribution is -2.71. The van der Waals surface area contributed by atoms with E-state index in [1.54, 1.807) is 0 Å². The van der Waals surface area contributed by atoms with Gasteiger partial charge in [0.05, 0.1) is 30.5 Å². The van der Waals surface area contributed by atoms with Gasteiger partial charge < -0.3 is 45.2 Å². The largest absolute Gasteiger partial charge is 0.394 e. The van der Waals surface area contributed by atoms with Crippen molar-refractivity contribution in [3.63, 3.8) is 0 Å². The lowest BCUT2D eigenvalue weighted by molar-refractivity contribution is -0.346. The molecule has 0 unspecified atom stereocenters. The first-order chi connectivity index (χ1) is 21.3. The maximum atomic E-state index is 12.1. The van der Waals surface area contributed by atoms with Crippen molar-refractivity contribution in [2.24, 2.45) is 45.3 Å². The number of hydrogen-bond acceptors (Lipinski definition) is 9. The Hall–Kier alpha value is -0.620. The maximum absolute atomic E-state index is 12.1. The van der Waals surface area contributed by atoms with Crippen molar-refractivity contribution in [2.45, 2.75) is 168 Å². The van der Waals surface area contributed by atoms with Gasteiger partial charge in [0.25, 0.3) is 0 Å². The average Bonchev–Trinajstić information content (AvgIpc) is 3.35. The summed E-state index contributed by atoms with van der Waals surface area (Å²) in [7, 11) is 0. The zero-order valence-electron chi connectivity index (χ0n) is 29.5. The minimum absolute atomic E-state index is 0.0445. The van der Waals surface area contributed by atoms with E-state index >= 15 is 0 Å². The molecule has 0 aromatic carbocycles. The topological polar surface area (TPSA) is 160 Å². The van der Waals surface area contributed by atoms with Crippen LogP contribution in [0, 0.1) is 45.3 Å². The van der Waals surface area contributed by atoms with Gasteiger partial charge in [-0.3, -0.25) is 0 Å². The highest BCUT2D eigenvalue weighted by atomic mass is 16.7. The average molecular weight is 653 g/mol. The van der Waals surface area contributed by atoms with E-state index in [4.69, 9.17) is 9.47 Å². The van der Waals surface area contributed by atoms with Gasteiger partial charge in [-0.25, -0.2) is 0 Å². The lowest BCUT2D eigenvalue weighted by atomic mass is 9.34. The number of fused-ring (bicyclic) bond motifs is 5. The molecule has 0 amide bonds. The monoisotopic (exact) mass is 652 g/mol. The van der Waals surface area contributed by atoms with Gasteiger partial charge in [0.15, 0.2) is 6.29 Å². The molecule has 0 bridgehead atoms. The molecule has 0 aromatic heterocycles. The van der Waals surface area contributed by atoms with Crippen LogP contribution in [-0.2, 0) is 9.47 Å². The molecule has 7 N–H and O–H groups in total. The summed E-state index contributed by atoms with van der Waals surface area (Å²) in [6.45, 7) is 16.7. The second kappa shape index (κ2) is 12.6. The first kappa shape index (κ1) is 36.7. The second-order valence-corrected chi connectivity index (χ2v) is 17.8. The molecule has 16 atom stereocenters. The number of hydrogen-bond donors (Lipinski definition) is 7. The van der Waals surface area contributed by atoms with Crippen LogP contribution in [0.3, 0.4) is 0 Å². The van der Waals surface area contributed by atoms with Crippen LogP contribution in [0.1, 0.15) is 113 Å². The van der Waals surface area contributed by atoms with Gasteiger partial charge in [0, 0.05) is 0 Å². The van der Waals surface area contributed by atoms with Crippen molar-refractivity contribution in [3.8, 4) is 0 Å². The van der Waals surface area contributed by atoms with Crippen LogP contribution in [0.25, 0.3) is 0 Å². The summed E-state index contributed by atoms with van der Waals surface area (Å²) in [5.41, 5.74) is -1.14. The lowest BCUT2D eigenvalue weighted by Gasteiger charge is -2.72. The highest BCUT2D eigenvalue weighted by Gasteiger charge is 2.73. The van der Waals surface area contributed by atoms with Crippen LogP contribution < -0.4 is 0 Å². The molecule has 4 saturated carbocycles. The predicted octanol–water partition coefficient (Wildman–Crippen LogP) is 3.69. The SMILES string of the molecule is CC(C)=CCCC[C@](C)(O)[C@H]1CC[C@]2(C)[C@H]1[C@H](O)C[C@@H]1[C@@]3(C)CC[C@H](O)C(C)(C)[C@@H]3[C@@H](O[C@@H]3O[C@H](CO)[C@@H](O)[C@H](O)[C@H]3O)C[C@]12C. The van der Waals surface area contributed by atoms with Gasteiger partial charge in [-0.05, 0) is 124 Å². The van der Waals surface area contributed by atoms with E-state index in [0.29, 0.717) is 25.7 Å². The number of allylic oxidation sites excluding steroid dienone is 2. The Labute approximate surface area is 276 Å². The number of ether oxygens (including phenoxy) is 2. The molecular weight excluding hydrogens is 588 g/mol. The maximum Gasteiger partial charge on any atom is 0.186 e. The molecule has 1 heterocycles. The summed E-state index contributed by atoms with van der Waals surface area (Å²) in [6.07, 6.45) is 0.542. The molecule has 1 aliphatic heterocycles. The Balaban J connectivity index is 1.51. The molecule has 9 nitrogen and oxygen atoms in total. The Morgan fingerprint density at radius 1 is 0.935 bits per heavy atom. The van der Waals surface area contributed by atoms with Crippen molar-refractivity contribution in [3.05, 3.63) is 11.6 Å². The van der Waals surface area contributed by atoms with E-state index in [-0.39, 0.29) is 39.9 Å². The van der Waals surface area contributed by atoms with E-state index < -0.39 is 66.6 Å². The molecule has 1 saturated heterocycles. The summed E-state index contributed by atoms with van der Waals surface area (Å²) < 4.78 is 12.6. The summed E-state index contributed by atoms with van der Waals surface area (Å²) >= 11 is 0. The van der Waals surface area contributed by atoms with Crippen molar-refractivity contribution >= 4 is 0 Å². The fraction of sp³-hybridized carbons (Fsp3) is 0.946. The van der Waals surface area contributed by atoms with Crippen molar-refractivity contribution < 1.29 is 45.2 Å². The number of rotatable bonds is 8. The molecule has 0 radical (unpaired) electrons. The van der Waals surface area contributed by atoms with E-state index in [0.717, 1.165) is 32.1 Å². The smallest absolute Gasteiger partial charge is 0.186 e. The second-order valence-electron chi connectivity index (χ2n) is 17.8. The van der Waals surface area contributed by atoms with Crippen LogP contribution in [0.4, 0.5) is 0 Å². The third-order valence-electron chi connectivity index (χ3n) is 14.6. The van der Waals surface area contributed by atoms with Gasteiger partial charge in [-0.15, -0.1) is 0 Å². The summed E-state index contributed by atoms with van der Waals surface area (Å²) in [6, 6.07) is 0. The Kier molecular flexibility index (Phi) is 10.0. The molecule has 0 aromatic rings.